The van der Waals surface area contributed by atoms with Gasteiger partial charge in [-0.15, -0.1) is 11.8 Å². The highest BCUT2D eigenvalue weighted by atomic mass is 32.2. The van der Waals surface area contributed by atoms with Crippen LogP contribution in [0.4, 0.5) is 65.0 Å². The zero-order valence-electron chi connectivity index (χ0n) is 65.2. The Kier molecular flexibility index (Phi) is 23.4. The van der Waals surface area contributed by atoms with Gasteiger partial charge in [0.2, 0.25) is 29.6 Å². The third kappa shape index (κ3) is 19.3. The van der Waals surface area contributed by atoms with E-state index in [1.807, 2.05) is 76.4 Å². The molecule has 0 radical (unpaired) electrons. The summed E-state index contributed by atoms with van der Waals surface area (Å²) in [5.74, 6) is 5.36. The van der Waals surface area contributed by atoms with E-state index < -0.39 is 36.3 Å². The quantitative estimate of drug-likeness (QED) is 0.0536. The van der Waals surface area contributed by atoms with E-state index in [0.29, 0.717) is 92.1 Å². The van der Waals surface area contributed by atoms with Crippen LogP contribution in [0.25, 0.3) is 67.5 Å². The Labute approximate surface area is 673 Å². The van der Waals surface area contributed by atoms with Gasteiger partial charge in [-0.05, 0) is 198 Å². The normalized spacial score (nSPS) is 17.3. The lowest BCUT2D eigenvalue weighted by Gasteiger charge is -2.25. The minimum absolute atomic E-state index is 0.0426. The highest BCUT2D eigenvalue weighted by Crippen LogP contribution is 2.44. The molecule has 0 bridgehead atoms. The van der Waals surface area contributed by atoms with E-state index >= 15 is 0 Å². The fourth-order valence-electron chi connectivity index (χ4n) is 15.0. The third-order valence-corrected chi connectivity index (χ3v) is 22.4. The molecule has 20 rings (SSSR count). The van der Waals surface area contributed by atoms with E-state index in [2.05, 4.69) is 109 Å². The van der Waals surface area contributed by atoms with Crippen molar-refractivity contribution in [2.75, 3.05) is 57.3 Å². The number of anilines is 6. The number of fused-ring (bicyclic) bond motifs is 6. The SMILES string of the molecule is C=C1CCc2cc(-c3nc(C)[nH]c3F)cnc2N1.Cc1nc(-c2ccc3c(c2)CC(CC2CC2)C(=O)N3)c(F)[nH]1.Cc1ncc(-c2ccc3c(c2)CC(CC(F)(F)F)C(=O)N3)[nH]1.Cc1ncc(-c2ccc3c(c2)CC(CC2CC2)C(=O)N3)[nH]1.Cc1ncc(-c2ccc3c(c2F)OCCN3)[nH]1.Cc1ncc(-c2ccc3c(c2F)SCCN3)[nH]1. The van der Waals surface area contributed by atoms with Crippen molar-refractivity contribution < 1.29 is 49.9 Å². The average Bonchev–Trinajstić information content (AvgIpc) is 1.80. The van der Waals surface area contributed by atoms with Gasteiger partial charge in [0, 0.05) is 81.9 Å². The number of H-pyrrole nitrogens is 6. The highest BCUT2D eigenvalue weighted by Gasteiger charge is 2.39. The van der Waals surface area contributed by atoms with Gasteiger partial charge in [-0.1, -0.05) is 50.5 Å². The molecule has 6 aliphatic heterocycles. The zero-order chi connectivity index (χ0) is 81.9. The smallest absolute Gasteiger partial charge is 0.389 e. The number of halogens is 7. The Balaban J connectivity index is 0.000000110. The molecule has 0 spiro atoms. The molecular weight excluding hydrogens is 1530 g/mol. The number of benzene rings is 5. The maximum absolute atomic E-state index is 14.3. The Hall–Kier alpha value is -12.3. The van der Waals surface area contributed by atoms with Crippen LogP contribution >= 0.6 is 11.8 Å². The van der Waals surface area contributed by atoms with Crippen LogP contribution in [0.5, 0.6) is 5.75 Å². The first kappa shape index (κ1) is 79.9. The second-order valence-corrected chi connectivity index (χ2v) is 31.7. The molecule has 3 amide bonds. The van der Waals surface area contributed by atoms with Crippen LogP contribution in [0.2, 0.25) is 0 Å². The lowest BCUT2D eigenvalue weighted by atomic mass is 9.88. The van der Waals surface area contributed by atoms with Crippen LogP contribution in [0.15, 0.2) is 133 Å². The third-order valence-electron chi connectivity index (χ3n) is 21.3. The summed E-state index contributed by atoms with van der Waals surface area (Å²) in [5.41, 5.74) is 17.4. The Morgan fingerprint density at radius 1 is 0.462 bits per heavy atom. The molecule has 12 N–H and O–H groups in total. The number of ether oxygens (including phenoxy) is 1. The Morgan fingerprint density at radius 3 is 1.39 bits per heavy atom. The average molecular weight is 1620 g/mol. The van der Waals surface area contributed by atoms with Gasteiger partial charge < -0.3 is 66.5 Å². The second-order valence-electron chi connectivity index (χ2n) is 30.6. The van der Waals surface area contributed by atoms with Crippen molar-refractivity contribution in [3.8, 4) is 73.3 Å². The summed E-state index contributed by atoms with van der Waals surface area (Å²) < 4.78 is 99.0. The minimum Gasteiger partial charge on any atom is -0.486 e. The number of thioether (sulfide) groups is 1. The number of allylic oxidation sites excluding steroid dienone is 1. The number of hydrogen-bond donors (Lipinski definition) is 12. The van der Waals surface area contributed by atoms with Crippen molar-refractivity contribution >= 4 is 63.7 Å². The molecule has 23 nitrogen and oxygen atoms in total. The molecule has 0 saturated heterocycles. The van der Waals surface area contributed by atoms with Gasteiger partial charge >= 0.3 is 6.18 Å². The summed E-state index contributed by atoms with van der Waals surface area (Å²) in [6.07, 6.45) is 13.5. The molecule has 12 aromatic rings. The van der Waals surface area contributed by atoms with Crippen LogP contribution in [-0.4, -0.2) is 114 Å². The number of imidazole rings is 6. The van der Waals surface area contributed by atoms with Crippen molar-refractivity contribution in [1.29, 1.82) is 0 Å². The molecule has 606 valence electrons. The largest absolute Gasteiger partial charge is 0.486 e. The molecular formula is C86H88F7N19O4S. The molecule has 2 saturated carbocycles. The topological polar surface area (TPSA) is 318 Å². The summed E-state index contributed by atoms with van der Waals surface area (Å²) in [6, 6.07) is 26.3. The predicted octanol–water partition coefficient (Wildman–Crippen LogP) is 18.3. The van der Waals surface area contributed by atoms with Gasteiger partial charge in [-0.25, -0.2) is 43.7 Å². The molecule has 5 aromatic carbocycles. The predicted molar refractivity (Wildman–Crippen MR) is 437 cm³/mol. The number of carbonyl (C=O) groups is 3. The van der Waals surface area contributed by atoms with Crippen molar-refractivity contribution in [3.05, 3.63) is 209 Å². The number of rotatable bonds is 11. The number of aromatic nitrogens is 13. The summed E-state index contributed by atoms with van der Waals surface area (Å²) in [6.45, 7) is 16.9. The summed E-state index contributed by atoms with van der Waals surface area (Å²) in [5, 5.41) is 18.0. The molecule has 13 heterocycles. The first-order chi connectivity index (χ1) is 56.2. The van der Waals surface area contributed by atoms with Gasteiger partial charge in [-0.3, -0.25) is 14.4 Å². The zero-order valence-corrected chi connectivity index (χ0v) is 66.0. The lowest BCUT2D eigenvalue weighted by molar-refractivity contribution is -0.152. The number of nitrogens with zero attached hydrogens (tertiary/aromatic N) is 7. The fraction of sp³-hybridized carbons (Fsp3) is 0.326. The molecule has 8 aliphatic rings. The number of amides is 3. The second kappa shape index (κ2) is 34.3. The number of carbonyl (C=O) groups excluding carboxylic acids is 3. The van der Waals surface area contributed by atoms with Gasteiger partial charge in [0.05, 0.1) is 76.2 Å². The number of nitrogens with one attached hydrogen (secondary N) is 12. The molecule has 3 atom stereocenters. The molecule has 2 aliphatic carbocycles. The van der Waals surface area contributed by atoms with Crippen molar-refractivity contribution in [2.45, 2.75) is 130 Å². The number of pyridine rings is 1. The summed E-state index contributed by atoms with van der Waals surface area (Å²) in [4.78, 5) is 83.5. The summed E-state index contributed by atoms with van der Waals surface area (Å²) in [7, 11) is 0. The van der Waals surface area contributed by atoms with E-state index in [4.69, 9.17) is 4.74 Å². The van der Waals surface area contributed by atoms with E-state index in [9.17, 15) is 45.1 Å². The Bertz CT molecular complexity index is 5610. The number of hydrogen-bond acceptors (Lipinski definition) is 15. The van der Waals surface area contributed by atoms with Crippen LogP contribution in [0.3, 0.4) is 0 Å². The van der Waals surface area contributed by atoms with E-state index in [1.165, 1.54) is 31.2 Å². The van der Waals surface area contributed by atoms with Crippen LogP contribution in [-0.2, 0) is 40.1 Å². The molecule has 117 heavy (non-hydrogen) atoms. The Morgan fingerprint density at radius 2 is 0.906 bits per heavy atom. The fourth-order valence-corrected chi connectivity index (χ4v) is 16.0. The maximum Gasteiger partial charge on any atom is 0.389 e. The number of aromatic amines is 6. The standard InChI is InChI=1S/C17H18FN3O.C17H19N3O.C15H14F3N3O.C13H13FN4.C12H12FN3O.C12H12FN3S/c1-9-19-15(16(18)20-9)11-4-5-14-12(7-11)8-13(17(22)21-14)6-10-2-3-10;1-10-18-9-16(19-10)12-4-5-15-13(7-12)8-14(17(21)20-15)6-11-2-3-11;1-8-19-7-13(20-8)9-2-3-12-10(4-9)5-11(14(22)21-12)6-15(16,17)18;1-7-3-4-9-5-10(6-15-13(9)16-7)11-12(14)18-8(2)17-11;2*1-7-15-6-10(16-7)8-2-3-9-12(11(8)13)17-5-4-14-9/h4-5,7,10,13H,2-3,6,8H2,1H3,(H,19,20)(H,21,22);4-5,7,9,11,14H,2-3,6,8H2,1H3,(H,18,19)(H,20,21);2-4,7,11H,5-6H2,1H3,(H,19,20)(H,21,22);5-6H,1,3-4H2,2H3,(H,15,16)(H,17,18);2*2-3,6,14H,4-5H2,1H3,(H,15,16). The molecule has 2 fully saturated rings. The van der Waals surface area contributed by atoms with Gasteiger partial charge in [0.25, 0.3) is 0 Å². The van der Waals surface area contributed by atoms with Gasteiger partial charge in [0.15, 0.2) is 11.6 Å². The van der Waals surface area contributed by atoms with Gasteiger partial charge in [0.1, 0.15) is 64.6 Å². The van der Waals surface area contributed by atoms with Crippen LogP contribution in [0, 0.1) is 94.7 Å². The van der Waals surface area contributed by atoms with Gasteiger partial charge in [-0.2, -0.15) is 22.0 Å². The van der Waals surface area contributed by atoms with Crippen molar-refractivity contribution in [1.82, 2.24) is 64.8 Å². The minimum atomic E-state index is -4.35. The molecule has 31 heteroatoms. The first-order valence-electron chi connectivity index (χ1n) is 39.0. The first-order valence-corrected chi connectivity index (χ1v) is 40.0. The highest BCUT2D eigenvalue weighted by molar-refractivity contribution is 7.99. The lowest BCUT2D eigenvalue weighted by Crippen LogP contribution is -2.33. The monoisotopic (exact) mass is 1620 g/mol. The number of alkyl halides is 3. The summed E-state index contributed by atoms with van der Waals surface area (Å²) >= 11 is 1.56. The molecule has 3 unspecified atom stereocenters. The van der Waals surface area contributed by atoms with Crippen LogP contribution < -0.4 is 36.6 Å². The van der Waals surface area contributed by atoms with Crippen molar-refractivity contribution in [3.63, 3.8) is 0 Å². The number of aryl methyl sites for hydroxylation is 7. The molecule has 7 aromatic heterocycles. The maximum atomic E-state index is 14.3. The van der Waals surface area contributed by atoms with E-state index in [0.717, 1.165) is 154 Å². The van der Waals surface area contributed by atoms with Crippen LogP contribution in [0.1, 0.15) is 109 Å². The van der Waals surface area contributed by atoms with E-state index in [-0.39, 0.29) is 41.7 Å². The van der Waals surface area contributed by atoms with Crippen molar-refractivity contribution in [2.24, 2.45) is 29.6 Å². The van der Waals surface area contributed by atoms with E-state index in [1.54, 1.807) is 86.8 Å².